The van der Waals surface area contributed by atoms with Crippen LogP contribution in [0.25, 0.3) is 0 Å². The van der Waals surface area contributed by atoms with E-state index in [0.29, 0.717) is 23.4 Å². The molecule has 0 unspecified atom stereocenters. The minimum Gasteiger partial charge on any atom is -0.508 e. The average molecular weight is 462 g/mol. The van der Waals surface area contributed by atoms with Crippen molar-refractivity contribution in [1.29, 1.82) is 0 Å². The van der Waals surface area contributed by atoms with Crippen molar-refractivity contribution >= 4 is 40.7 Å². The molecular weight excluding hydrogens is 442 g/mol. The molecule has 0 spiro atoms. The zero-order valence-corrected chi connectivity index (χ0v) is 18.2. The molecule has 1 aliphatic rings. The monoisotopic (exact) mass is 461 g/mol. The molecule has 0 aliphatic carbocycles. The van der Waals surface area contributed by atoms with Crippen LogP contribution < -0.4 is 10.6 Å². The lowest BCUT2D eigenvalue weighted by Gasteiger charge is -2.15. The number of halogens is 1. The third kappa shape index (κ3) is 5.05. The van der Waals surface area contributed by atoms with Gasteiger partial charge in [-0.2, -0.15) is 0 Å². The Morgan fingerprint density at radius 1 is 0.879 bits per heavy atom. The van der Waals surface area contributed by atoms with Gasteiger partial charge in [-0.1, -0.05) is 54.1 Å². The SMILES string of the molecule is O=C(Nc1cccc(O)c1)c1cccc(NC2=C(Cl)C(=O)N(CCc3ccccc3)C2=O)c1. The summed E-state index contributed by atoms with van der Waals surface area (Å²) in [6.45, 7) is 0.204. The fourth-order valence-corrected chi connectivity index (χ4v) is 3.64. The van der Waals surface area contributed by atoms with Crippen LogP contribution in [-0.4, -0.2) is 34.3 Å². The van der Waals surface area contributed by atoms with E-state index >= 15 is 0 Å². The largest absolute Gasteiger partial charge is 0.508 e. The normalized spacial score (nSPS) is 13.4. The number of carbonyl (C=O) groups is 3. The number of phenolic OH excluding ortho intramolecular Hbond substituents is 1. The molecule has 7 nitrogen and oxygen atoms in total. The number of rotatable bonds is 7. The van der Waals surface area contributed by atoms with Gasteiger partial charge in [0.1, 0.15) is 16.5 Å². The molecule has 0 saturated heterocycles. The van der Waals surface area contributed by atoms with Crippen molar-refractivity contribution in [3.8, 4) is 5.75 Å². The second kappa shape index (κ2) is 9.58. The summed E-state index contributed by atoms with van der Waals surface area (Å²) < 4.78 is 0. The fourth-order valence-electron chi connectivity index (χ4n) is 3.41. The molecule has 0 bridgehead atoms. The Kier molecular flexibility index (Phi) is 6.42. The molecule has 0 saturated carbocycles. The molecule has 3 aromatic rings. The van der Waals surface area contributed by atoms with Gasteiger partial charge in [0.2, 0.25) is 0 Å². The molecule has 1 heterocycles. The standard InChI is InChI=1S/C25H20ClN3O4/c26-21-22(25(33)29(24(21)32)13-12-16-6-2-1-3-7-16)27-18-9-4-8-17(14-18)23(31)28-19-10-5-11-20(30)15-19/h1-11,14-15,27,30H,12-13H2,(H,28,31). The number of carbonyl (C=O) groups excluding carboxylic acids is 3. The van der Waals surface area contributed by atoms with Crippen molar-refractivity contribution in [2.45, 2.75) is 6.42 Å². The van der Waals surface area contributed by atoms with Crippen molar-refractivity contribution in [3.63, 3.8) is 0 Å². The quantitative estimate of drug-likeness (QED) is 0.460. The summed E-state index contributed by atoms with van der Waals surface area (Å²) in [5.41, 5.74) is 2.16. The molecule has 3 aromatic carbocycles. The van der Waals surface area contributed by atoms with Crippen LogP contribution in [0.2, 0.25) is 0 Å². The van der Waals surface area contributed by atoms with E-state index in [1.165, 1.54) is 12.1 Å². The first-order valence-corrected chi connectivity index (χ1v) is 10.6. The van der Waals surface area contributed by atoms with E-state index in [0.717, 1.165) is 10.5 Å². The molecule has 33 heavy (non-hydrogen) atoms. The number of phenols is 1. The Morgan fingerprint density at radius 2 is 1.61 bits per heavy atom. The summed E-state index contributed by atoms with van der Waals surface area (Å²) in [5.74, 6) is -1.44. The topological polar surface area (TPSA) is 98.7 Å². The zero-order chi connectivity index (χ0) is 23.4. The molecule has 1 aliphatic heterocycles. The van der Waals surface area contributed by atoms with Gasteiger partial charge in [-0.05, 0) is 42.3 Å². The van der Waals surface area contributed by atoms with Crippen molar-refractivity contribution in [2.75, 3.05) is 17.2 Å². The highest BCUT2D eigenvalue weighted by Gasteiger charge is 2.37. The lowest BCUT2D eigenvalue weighted by Crippen LogP contribution is -2.34. The van der Waals surface area contributed by atoms with Crippen LogP contribution in [0.4, 0.5) is 11.4 Å². The van der Waals surface area contributed by atoms with Gasteiger partial charge in [0, 0.05) is 29.5 Å². The second-order valence-corrected chi connectivity index (χ2v) is 7.77. The fraction of sp³-hybridized carbons (Fsp3) is 0.0800. The highest BCUT2D eigenvalue weighted by Crippen LogP contribution is 2.26. The number of anilines is 2. The predicted octanol–water partition coefficient (Wildman–Crippen LogP) is 4.12. The zero-order valence-electron chi connectivity index (χ0n) is 17.4. The number of hydrogen-bond acceptors (Lipinski definition) is 5. The van der Waals surface area contributed by atoms with E-state index in [2.05, 4.69) is 10.6 Å². The summed E-state index contributed by atoms with van der Waals surface area (Å²) in [7, 11) is 0. The van der Waals surface area contributed by atoms with Crippen LogP contribution in [0.3, 0.4) is 0 Å². The van der Waals surface area contributed by atoms with Crippen LogP contribution in [0, 0.1) is 0 Å². The second-order valence-electron chi connectivity index (χ2n) is 7.40. The molecule has 3 N–H and O–H groups in total. The Labute approximate surface area is 195 Å². The van der Waals surface area contributed by atoms with Crippen molar-refractivity contribution in [2.24, 2.45) is 0 Å². The third-order valence-corrected chi connectivity index (χ3v) is 5.43. The summed E-state index contributed by atoms with van der Waals surface area (Å²) in [6, 6.07) is 22.2. The summed E-state index contributed by atoms with van der Waals surface area (Å²) in [6.07, 6.45) is 0.514. The number of nitrogens with one attached hydrogen (secondary N) is 2. The van der Waals surface area contributed by atoms with Crippen LogP contribution >= 0.6 is 11.6 Å². The molecule has 0 fully saturated rings. The summed E-state index contributed by atoms with van der Waals surface area (Å²) in [5, 5.41) is 14.9. The van der Waals surface area contributed by atoms with Gasteiger partial charge in [0.15, 0.2) is 0 Å². The first kappa shape index (κ1) is 22.1. The summed E-state index contributed by atoms with van der Waals surface area (Å²) >= 11 is 6.18. The van der Waals surface area contributed by atoms with Gasteiger partial charge >= 0.3 is 0 Å². The van der Waals surface area contributed by atoms with Gasteiger partial charge < -0.3 is 15.7 Å². The first-order chi connectivity index (χ1) is 15.9. The maximum absolute atomic E-state index is 12.8. The highest BCUT2D eigenvalue weighted by atomic mass is 35.5. The van der Waals surface area contributed by atoms with E-state index in [-0.39, 0.29) is 23.0 Å². The van der Waals surface area contributed by atoms with E-state index in [1.54, 1.807) is 36.4 Å². The molecule has 8 heteroatoms. The van der Waals surface area contributed by atoms with Crippen molar-refractivity contribution < 1.29 is 19.5 Å². The Hall–Kier alpha value is -4.10. The lowest BCUT2D eigenvalue weighted by molar-refractivity contribution is -0.137. The molecule has 166 valence electrons. The van der Waals surface area contributed by atoms with Gasteiger partial charge in [-0.25, -0.2) is 0 Å². The third-order valence-electron chi connectivity index (χ3n) is 5.08. The Balaban J connectivity index is 1.45. The molecule has 0 radical (unpaired) electrons. The minimum absolute atomic E-state index is 0.0275. The lowest BCUT2D eigenvalue weighted by atomic mass is 10.1. The van der Waals surface area contributed by atoms with Gasteiger partial charge in [-0.3, -0.25) is 19.3 Å². The van der Waals surface area contributed by atoms with E-state index in [1.807, 2.05) is 30.3 Å². The van der Waals surface area contributed by atoms with Crippen molar-refractivity contribution in [1.82, 2.24) is 4.90 Å². The first-order valence-electron chi connectivity index (χ1n) is 10.2. The Bertz CT molecular complexity index is 1260. The number of amides is 3. The molecule has 0 aromatic heterocycles. The molecule has 0 atom stereocenters. The Morgan fingerprint density at radius 3 is 2.36 bits per heavy atom. The molecule has 3 amide bonds. The number of aromatic hydroxyl groups is 1. The maximum atomic E-state index is 12.8. The maximum Gasteiger partial charge on any atom is 0.278 e. The van der Waals surface area contributed by atoms with Gasteiger partial charge in [-0.15, -0.1) is 0 Å². The number of benzene rings is 3. The van der Waals surface area contributed by atoms with Crippen LogP contribution in [0.1, 0.15) is 15.9 Å². The number of imide groups is 1. The van der Waals surface area contributed by atoms with E-state index in [4.69, 9.17) is 11.6 Å². The number of hydrogen-bond donors (Lipinski definition) is 3. The van der Waals surface area contributed by atoms with Crippen LogP contribution in [0.5, 0.6) is 5.75 Å². The highest BCUT2D eigenvalue weighted by molar-refractivity contribution is 6.48. The van der Waals surface area contributed by atoms with Gasteiger partial charge in [0.25, 0.3) is 17.7 Å². The van der Waals surface area contributed by atoms with E-state index in [9.17, 15) is 19.5 Å². The van der Waals surface area contributed by atoms with E-state index < -0.39 is 17.7 Å². The number of nitrogens with zero attached hydrogens (tertiary/aromatic N) is 1. The molecular formula is C25H20ClN3O4. The summed E-state index contributed by atoms with van der Waals surface area (Å²) in [4.78, 5) is 39.1. The minimum atomic E-state index is -0.558. The molecule has 4 rings (SSSR count). The van der Waals surface area contributed by atoms with Crippen molar-refractivity contribution in [3.05, 3.63) is 101 Å². The smallest absolute Gasteiger partial charge is 0.278 e. The van der Waals surface area contributed by atoms with Crippen LogP contribution in [-0.2, 0) is 16.0 Å². The van der Waals surface area contributed by atoms with Crippen LogP contribution in [0.15, 0.2) is 89.6 Å². The van der Waals surface area contributed by atoms with Gasteiger partial charge in [0.05, 0.1) is 0 Å². The predicted molar refractivity (Wildman–Crippen MR) is 126 cm³/mol. The average Bonchev–Trinajstić information content (AvgIpc) is 3.01.